The summed E-state index contributed by atoms with van der Waals surface area (Å²) in [6.07, 6.45) is 1.35. The molecule has 1 heterocycles. The standard InChI is InChI=1S/C29H23Cl2N3O5/c30-24-12-6-20(16-28(24)33(35)36)26-14-15-27(21-7-13-25(31)29(17-21)34(37)38)32(26)22-8-10-23(11-9-22)39-18-19-4-2-1-3-5-19/h1-13,16-17,26-27H,14-15,18H2/t26-,27-/m1/s1. The highest BCUT2D eigenvalue weighted by Gasteiger charge is 2.37. The number of nitrogens with zero attached hydrogens (tertiary/aromatic N) is 3. The van der Waals surface area contributed by atoms with Crippen molar-refractivity contribution in [3.05, 3.63) is 138 Å². The van der Waals surface area contributed by atoms with Gasteiger partial charge >= 0.3 is 0 Å². The molecule has 0 amide bonds. The Morgan fingerprint density at radius 2 is 1.26 bits per heavy atom. The van der Waals surface area contributed by atoms with Crippen LogP contribution in [0.15, 0.2) is 91.0 Å². The van der Waals surface area contributed by atoms with Gasteiger partial charge in [0.1, 0.15) is 22.4 Å². The topological polar surface area (TPSA) is 98.8 Å². The summed E-state index contributed by atoms with van der Waals surface area (Å²) in [4.78, 5) is 24.3. The second-order valence-electron chi connectivity index (χ2n) is 9.22. The van der Waals surface area contributed by atoms with Crippen LogP contribution in [-0.2, 0) is 6.61 Å². The Labute approximate surface area is 234 Å². The fourth-order valence-corrected chi connectivity index (χ4v) is 5.41. The van der Waals surface area contributed by atoms with E-state index in [0.29, 0.717) is 25.2 Å². The number of halogens is 2. The van der Waals surface area contributed by atoms with Crippen molar-refractivity contribution < 1.29 is 14.6 Å². The van der Waals surface area contributed by atoms with Gasteiger partial charge in [-0.2, -0.15) is 0 Å². The molecule has 198 valence electrons. The van der Waals surface area contributed by atoms with Crippen molar-refractivity contribution in [3.63, 3.8) is 0 Å². The van der Waals surface area contributed by atoms with Gasteiger partial charge in [-0.15, -0.1) is 0 Å². The molecule has 5 rings (SSSR count). The number of nitro groups is 2. The molecule has 0 unspecified atom stereocenters. The first-order valence-electron chi connectivity index (χ1n) is 12.2. The van der Waals surface area contributed by atoms with Crippen molar-refractivity contribution in [1.29, 1.82) is 0 Å². The Bertz CT molecular complexity index is 1440. The molecule has 0 N–H and O–H groups in total. The quantitative estimate of drug-likeness (QED) is 0.157. The summed E-state index contributed by atoms with van der Waals surface area (Å²) in [5.74, 6) is 0.694. The van der Waals surface area contributed by atoms with Crippen LogP contribution in [0.3, 0.4) is 0 Å². The third kappa shape index (κ3) is 5.67. The zero-order valence-corrected chi connectivity index (χ0v) is 22.1. The number of benzene rings is 4. The Balaban J connectivity index is 1.50. The third-order valence-electron chi connectivity index (χ3n) is 6.87. The van der Waals surface area contributed by atoms with E-state index in [0.717, 1.165) is 22.4 Å². The molecule has 1 aliphatic rings. The van der Waals surface area contributed by atoms with E-state index in [4.69, 9.17) is 27.9 Å². The van der Waals surface area contributed by atoms with Gasteiger partial charge in [0.25, 0.3) is 11.4 Å². The number of hydrogen-bond donors (Lipinski definition) is 0. The van der Waals surface area contributed by atoms with Crippen LogP contribution < -0.4 is 9.64 Å². The van der Waals surface area contributed by atoms with Gasteiger partial charge in [-0.05, 0) is 65.9 Å². The second kappa shape index (κ2) is 11.3. The highest BCUT2D eigenvalue weighted by molar-refractivity contribution is 6.33. The molecule has 0 spiro atoms. The molecule has 1 aliphatic heterocycles. The number of nitro benzene ring substituents is 2. The van der Waals surface area contributed by atoms with Crippen LogP contribution in [0.1, 0.15) is 41.6 Å². The van der Waals surface area contributed by atoms with Gasteiger partial charge in [-0.1, -0.05) is 65.7 Å². The lowest BCUT2D eigenvalue weighted by Crippen LogP contribution is -2.26. The predicted molar refractivity (Wildman–Crippen MR) is 151 cm³/mol. The molecule has 8 nitrogen and oxygen atoms in total. The molecule has 4 aromatic rings. The number of anilines is 1. The van der Waals surface area contributed by atoms with Crippen LogP contribution in [0.25, 0.3) is 0 Å². The average Bonchev–Trinajstić information content (AvgIpc) is 3.38. The summed E-state index contributed by atoms with van der Waals surface area (Å²) >= 11 is 12.2. The zero-order valence-electron chi connectivity index (χ0n) is 20.6. The van der Waals surface area contributed by atoms with Gasteiger partial charge in [0.15, 0.2) is 0 Å². The summed E-state index contributed by atoms with van der Waals surface area (Å²) in [6.45, 7) is 0.429. The largest absolute Gasteiger partial charge is 0.489 e. The minimum atomic E-state index is -0.496. The van der Waals surface area contributed by atoms with Crippen molar-refractivity contribution in [1.82, 2.24) is 0 Å². The smallest absolute Gasteiger partial charge is 0.288 e. The van der Waals surface area contributed by atoms with Gasteiger partial charge < -0.3 is 9.64 Å². The zero-order chi connectivity index (χ0) is 27.5. The highest BCUT2D eigenvalue weighted by atomic mass is 35.5. The van der Waals surface area contributed by atoms with Gasteiger partial charge in [0.05, 0.1) is 21.9 Å². The van der Waals surface area contributed by atoms with Crippen LogP contribution in [0.2, 0.25) is 10.0 Å². The molecule has 1 fully saturated rings. The molecule has 0 radical (unpaired) electrons. The maximum absolute atomic E-state index is 11.6. The van der Waals surface area contributed by atoms with Crippen LogP contribution in [0.5, 0.6) is 5.75 Å². The second-order valence-corrected chi connectivity index (χ2v) is 10.0. The molecule has 0 aromatic heterocycles. The van der Waals surface area contributed by atoms with E-state index in [-0.39, 0.29) is 33.5 Å². The fourth-order valence-electron chi connectivity index (χ4n) is 5.03. The van der Waals surface area contributed by atoms with Crippen LogP contribution >= 0.6 is 23.2 Å². The Morgan fingerprint density at radius 1 is 0.744 bits per heavy atom. The van der Waals surface area contributed by atoms with Crippen LogP contribution in [0.4, 0.5) is 17.1 Å². The SMILES string of the molecule is O=[N+]([O-])c1cc([C@H]2CC[C@H](c3ccc(Cl)c([N+](=O)[O-])c3)N2c2ccc(OCc3ccccc3)cc2)ccc1Cl. The lowest BCUT2D eigenvalue weighted by atomic mass is 10.0. The van der Waals surface area contributed by atoms with E-state index in [1.165, 1.54) is 24.3 Å². The van der Waals surface area contributed by atoms with Crippen molar-refractivity contribution >= 4 is 40.3 Å². The van der Waals surface area contributed by atoms with Crippen LogP contribution in [-0.4, -0.2) is 9.85 Å². The Morgan fingerprint density at radius 3 is 1.74 bits per heavy atom. The molecule has 2 atom stereocenters. The first-order valence-corrected chi connectivity index (χ1v) is 13.0. The highest BCUT2D eigenvalue weighted by Crippen LogP contribution is 2.48. The summed E-state index contributed by atoms with van der Waals surface area (Å²) < 4.78 is 5.95. The molecule has 10 heteroatoms. The molecule has 0 bridgehead atoms. The third-order valence-corrected chi connectivity index (χ3v) is 7.51. The molecule has 1 saturated heterocycles. The fraction of sp³-hybridized carbons (Fsp3) is 0.172. The molecular formula is C29H23Cl2N3O5. The first-order chi connectivity index (χ1) is 18.8. The summed E-state index contributed by atoms with van der Waals surface area (Å²) in [7, 11) is 0. The van der Waals surface area contributed by atoms with Gasteiger partial charge in [0, 0.05) is 17.8 Å². The van der Waals surface area contributed by atoms with E-state index in [1.807, 2.05) is 54.6 Å². The monoisotopic (exact) mass is 563 g/mol. The number of rotatable bonds is 8. The summed E-state index contributed by atoms with van der Waals surface area (Å²) in [5.41, 5.74) is 3.05. The molecule has 39 heavy (non-hydrogen) atoms. The van der Waals surface area contributed by atoms with Gasteiger partial charge in [-0.25, -0.2) is 0 Å². The minimum Gasteiger partial charge on any atom is -0.489 e. The van der Waals surface area contributed by atoms with Crippen molar-refractivity contribution in [2.45, 2.75) is 31.5 Å². The lowest BCUT2D eigenvalue weighted by molar-refractivity contribution is -0.384. The summed E-state index contributed by atoms with van der Waals surface area (Å²) in [6, 6.07) is 26.7. The number of ether oxygens (including phenoxy) is 1. The summed E-state index contributed by atoms with van der Waals surface area (Å²) in [5, 5.41) is 23.3. The van der Waals surface area contributed by atoms with Crippen molar-refractivity contribution in [3.8, 4) is 5.75 Å². The lowest BCUT2D eigenvalue weighted by Gasteiger charge is -2.33. The molecule has 4 aromatic carbocycles. The first kappa shape index (κ1) is 26.5. The van der Waals surface area contributed by atoms with Crippen LogP contribution in [0, 0.1) is 20.2 Å². The normalized spacial score (nSPS) is 16.7. The molecule has 0 aliphatic carbocycles. The maximum atomic E-state index is 11.6. The molecule has 0 saturated carbocycles. The van der Waals surface area contributed by atoms with E-state index in [9.17, 15) is 20.2 Å². The number of hydrogen-bond acceptors (Lipinski definition) is 6. The van der Waals surface area contributed by atoms with E-state index in [2.05, 4.69) is 4.90 Å². The van der Waals surface area contributed by atoms with E-state index < -0.39 is 9.85 Å². The Kier molecular flexibility index (Phi) is 7.67. The van der Waals surface area contributed by atoms with Crippen molar-refractivity contribution in [2.24, 2.45) is 0 Å². The van der Waals surface area contributed by atoms with Gasteiger partial charge in [0.2, 0.25) is 0 Å². The maximum Gasteiger partial charge on any atom is 0.288 e. The Hall–Kier alpha value is -4.14. The molecular weight excluding hydrogens is 541 g/mol. The minimum absolute atomic E-state index is 0.0677. The van der Waals surface area contributed by atoms with Gasteiger partial charge in [-0.3, -0.25) is 20.2 Å². The average molecular weight is 564 g/mol. The predicted octanol–water partition coefficient (Wildman–Crippen LogP) is 8.47. The van der Waals surface area contributed by atoms with E-state index in [1.54, 1.807) is 12.1 Å². The van der Waals surface area contributed by atoms with E-state index >= 15 is 0 Å². The van der Waals surface area contributed by atoms with Crippen molar-refractivity contribution in [2.75, 3.05) is 4.90 Å².